The summed E-state index contributed by atoms with van der Waals surface area (Å²) in [5.74, 6) is 0. The summed E-state index contributed by atoms with van der Waals surface area (Å²) in [4.78, 5) is 12.9. The lowest BCUT2D eigenvalue weighted by atomic mass is 10.1. The van der Waals surface area contributed by atoms with E-state index in [1.807, 2.05) is 0 Å². The van der Waals surface area contributed by atoms with Gasteiger partial charge in [-0.3, -0.25) is 4.79 Å². The van der Waals surface area contributed by atoms with Gasteiger partial charge in [-0.1, -0.05) is 0 Å². The summed E-state index contributed by atoms with van der Waals surface area (Å²) >= 11 is 1.68. The van der Waals surface area contributed by atoms with Crippen LogP contribution in [0.1, 0.15) is 32.1 Å². The molecule has 1 aliphatic carbocycles. The van der Waals surface area contributed by atoms with E-state index >= 15 is 0 Å². The van der Waals surface area contributed by atoms with Crippen LogP contribution in [0.4, 0.5) is 0 Å². The molecule has 2 heteroatoms. The van der Waals surface area contributed by atoms with E-state index in [-0.39, 0.29) is 0 Å². The van der Waals surface area contributed by atoms with Gasteiger partial charge in [0.05, 0.1) is 4.88 Å². The molecule has 0 radical (unpaired) electrons. The van der Waals surface area contributed by atoms with Crippen LogP contribution < -0.4 is 0 Å². The van der Waals surface area contributed by atoms with Gasteiger partial charge in [-0.15, -0.1) is 11.3 Å². The molecule has 2 rings (SSSR count). The summed E-state index contributed by atoms with van der Waals surface area (Å²) in [7, 11) is 0. The first kappa shape index (κ1) is 7.04. The van der Waals surface area contributed by atoms with Gasteiger partial charge in [-0.2, -0.15) is 0 Å². The van der Waals surface area contributed by atoms with Gasteiger partial charge in [-0.05, 0) is 37.3 Å². The summed E-state index contributed by atoms with van der Waals surface area (Å²) in [6.45, 7) is 2.06. The molecule has 0 spiro atoms. The summed E-state index contributed by atoms with van der Waals surface area (Å²) in [5.41, 5.74) is 2.69. The summed E-state index contributed by atoms with van der Waals surface area (Å²) in [6, 6.07) is 0. The van der Waals surface area contributed by atoms with E-state index in [0.717, 1.165) is 11.2 Å². The van der Waals surface area contributed by atoms with Crippen molar-refractivity contribution in [3.63, 3.8) is 0 Å². The fourth-order valence-corrected chi connectivity index (χ4v) is 2.91. The first-order chi connectivity index (χ1) is 5.33. The van der Waals surface area contributed by atoms with E-state index in [1.165, 1.54) is 35.3 Å². The van der Waals surface area contributed by atoms with E-state index in [9.17, 15) is 4.79 Å². The van der Waals surface area contributed by atoms with Crippen molar-refractivity contribution in [3.8, 4) is 0 Å². The Labute approximate surface area is 70.1 Å². The number of fused-ring (bicyclic) bond motifs is 1. The lowest BCUT2D eigenvalue weighted by Gasteiger charge is -1.90. The molecule has 0 saturated carbocycles. The molecule has 0 fully saturated rings. The lowest BCUT2D eigenvalue weighted by molar-refractivity contribution is 0.112. The normalized spacial score (nSPS) is 15.0. The van der Waals surface area contributed by atoms with Gasteiger partial charge in [0.15, 0.2) is 6.29 Å². The Morgan fingerprint density at radius 3 is 2.91 bits per heavy atom. The van der Waals surface area contributed by atoms with Crippen LogP contribution in [0, 0.1) is 6.92 Å². The van der Waals surface area contributed by atoms with Crippen molar-refractivity contribution in [1.29, 1.82) is 0 Å². The molecule has 0 bridgehead atoms. The minimum atomic E-state index is 0.940. The maximum atomic E-state index is 10.5. The monoisotopic (exact) mass is 166 g/mol. The van der Waals surface area contributed by atoms with Crippen molar-refractivity contribution in [2.75, 3.05) is 0 Å². The minimum Gasteiger partial charge on any atom is -0.297 e. The molecular formula is C9H10OS. The second kappa shape index (κ2) is 2.45. The molecular weight excluding hydrogens is 156 g/mol. The molecule has 0 N–H and O–H groups in total. The van der Waals surface area contributed by atoms with E-state index in [2.05, 4.69) is 6.92 Å². The fourth-order valence-electron chi connectivity index (χ4n) is 1.70. The predicted molar refractivity (Wildman–Crippen MR) is 46.5 cm³/mol. The quantitative estimate of drug-likeness (QED) is 0.585. The van der Waals surface area contributed by atoms with Gasteiger partial charge < -0.3 is 0 Å². The number of aryl methyl sites for hydroxylation is 1. The number of hydrogen-bond donors (Lipinski definition) is 0. The van der Waals surface area contributed by atoms with Crippen molar-refractivity contribution in [2.24, 2.45) is 0 Å². The predicted octanol–water partition coefficient (Wildman–Crippen LogP) is 2.36. The van der Waals surface area contributed by atoms with E-state index in [4.69, 9.17) is 0 Å². The second-order valence-electron chi connectivity index (χ2n) is 2.96. The van der Waals surface area contributed by atoms with Crippen LogP contribution in [0.25, 0.3) is 0 Å². The lowest BCUT2D eigenvalue weighted by Crippen LogP contribution is -1.82. The highest BCUT2D eigenvalue weighted by atomic mass is 32.1. The largest absolute Gasteiger partial charge is 0.297 e. The van der Waals surface area contributed by atoms with Crippen molar-refractivity contribution in [1.82, 2.24) is 0 Å². The zero-order chi connectivity index (χ0) is 7.84. The van der Waals surface area contributed by atoms with Gasteiger partial charge in [0.1, 0.15) is 0 Å². The molecule has 0 saturated heterocycles. The van der Waals surface area contributed by atoms with Crippen LogP contribution in [0.15, 0.2) is 0 Å². The number of carbonyl (C=O) groups is 1. The van der Waals surface area contributed by atoms with Crippen molar-refractivity contribution >= 4 is 17.6 Å². The Bertz CT molecular complexity index is 299. The van der Waals surface area contributed by atoms with Gasteiger partial charge in [-0.25, -0.2) is 0 Å². The molecule has 0 amide bonds. The minimum absolute atomic E-state index is 0.940. The summed E-state index contributed by atoms with van der Waals surface area (Å²) < 4.78 is 0. The Morgan fingerprint density at radius 1 is 1.45 bits per heavy atom. The van der Waals surface area contributed by atoms with Crippen LogP contribution >= 0.6 is 11.3 Å². The van der Waals surface area contributed by atoms with Crippen LogP contribution in [0.3, 0.4) is 0 Å². The molecule has 1 aromatic heterocycles. The molecule has 0 aromatic carbocycles. The molecule has 0 aliphatic heterocycles. The van der Waals surface area contributed by atoms with Crippen molar-refractivity contribution in [3.05, 3.63) is 20.9 Å². The Hall–Kier alpha value is -0.630. The van der Waals surface area contributed by atoms with E-state index in [0.29, 0.717) is 0 Å². The zero-order valence-electron chi connectivity index (χ0n) is 6.52. The van der Waals surface area contributed by atoms with Crippen LogP contribution in [0.2, 0.25) is 0 Å². The number of rotatable bonds is 1. The van der Waals surface area contributed by atoms with Gasteiger partial charge in [0, 0.05) is 4.88 Å². The SMILES string of the molecule is Cc1c(C=O)sc2c1CCC2. The van der Waals surface area contributed by atoms with Crippen LogP contribution in [0.5, 0.6) is 0 Å². The summed E-state index contributed by atoms with van der Waals surface area (Å²) in [5, 5.41) is 0. The highest BCUT2D eigenvalue weighted by Crippen LogP contribution is 2.33. The molecule has 11 heavy (non-hydrogen) atoms. The van der Waals surface area contributed by atoms with Crippen LogP contribution in [-0.4, -0.2) is 6.29 Å². The first-order valence-corrected chi connectivity index (χ1v) is 4.71. The van der Waals surface area contributed by atoms with E-state index < -0.39 is 0 Å². The van der Waals surface area contributed by atoms with Gasteiger partial charge >= 0.3 is 0 Å². The standard InChI is InChI=1S/C9H10OS/c1-6-7-3-2-4-8(7)11-9(6)5-10/h5H,2-4H2,1H3. The number of thiophene rings is 1. The van der Waals surface area contributed by atoms with Crippen LogP contribution in [-0.2, 0) is 12.8 Å². The Morgan fingerprint density at radius 2 is 2.27 bits per heavy atom. The fraction of sp³-hybridized carbons (Fsp3) is 0.444. The maximum absolute atomic E-state index is 10.5. The number of carbonyl (C=O) groups excluding carboxylic acids is 1. The van der Waals surface area contributed by atoms with Gasteiger partial charge in [0.25, 0.3) is 0 Å². The topological polar surface area (TPSA) is 17.1 Å². The molecule has 1 aliphatic rings. The Kier molecular flexibility index (Phi) is 1.57. The maximum Gasteiger partial charge on any atom is 0.160 e. The third kappa shape index (κ3) is 0.932. The molecule has 1 aromatic rings. The second-order valence-corrected chi connectivity index (χ2v) is 4.10. The molecule has 58 valence electrons. The highest BCUT2D eigenvalue weighted by Gasteiger charge is 2.18. The van der Waals surface area contributed by atoms with Crippen molar-refractivity contribution in [2.45, 2.75) is 26.2 Å². The first-order valence-electron chi connectivity index (χ1n) is 3.89. The molecule has 0 atom stereocenters. The Balaban J connectivity index is 2.57. The summed E-state index contributed by atoms with van der Waals surface area (Å²) in [6.07, 6.45) is 4.64. The zero-order valence-corrected chi connectivity index (χ0v) is 7.33. The average molecular weight is 166 g/mol. The average Bonchev–Trinajstić information content (AvgIpc) is 2.53. The third-order valence-corrected chi connectivity index (χ3v) is 3.65. The molecule has 0 unspecified atom stereocenters. The van der Waals surface area contributed by atoms with Crippen molar-refractivity contribution < 1.29 is 4.79 Å². The highest BCUT2D eigenvalue weighted by molar-refractivity contribution is 7.14. The van der Waals surface area contributed by atoms with E-state index in [1.54, 1.807) is 11.3 Å². The molecule has 1 nitrogen and oxygen atoms in total. The van der Waals surface area contributed by atoms with Gasteiger partial charge in [0.2, 0.25) is 0 Å². The third-order valence-electron chi connectivity index (χ3n) is 2.33. The molecule has 1 heterocycles. The smallest absolute Gasteiger partial charge is 0.160 e. The number of aldehydes is 1. The number of hydrogen-bond acceptors (Lipinski definition) is 2.